The van der Waals surface area contributed by atoms with Gasteiger partial charge in [0.2, 0.25) is 0 Å². The van der Waals surface area contributed by atoms with Crippen molar-refractivity contribution in [3.63, 3.8) is 0 Å². The van der Waals surface area contributed by atoms with Crippen molar-refractivity contribution in [2.75, 3.05) is 13.1 Å². The minimum Gasteiger partial charge on any atom is -0.335 e. The summed E-state index contributed by atoms with van der Waals surface area (Å²) in [6.07, 6.45) is 4.37. The molecule has 4 aromatic heterocycles. The van der Waals surface area contributed by atoms with Crippen LogP contribution in [0, 0.1) is 0 Å². The number of thiophene rings is 1. The van der Waals surface area contributed by atoms with Crippen LogP contribution in [0.4, 0.5) is 0 Å². The molecule has 0 radical (unpaired) electrons. The largest absolute Gasteiger partial charge is 0.335 e. The fraction of sp³-hybridized carbons (Fsp3) is 0.300. The molecule has 1 unspecified atom stereocenters. The Morgan fingerprint density at radius 3 is 3.04 bits per heavy atom. The second kappa shape index (κ2) is 6.87. The van der Waals surface area contributed by atoms with Crippen LogP contribution in [0.5, 0.6) is 0 Å². The number of carbonyl (C=O) groups excluding carboxylic acids is 1. The molecule has 0 aliphatic carbocycles. The fourth-order valence-corrected chi connectivity index (χ4v) is 4.57. The second-order valence-corrected chi connectivity index (χ2v) is 7.67. The average Bonchev–Trinajstić information content (AvgIpc) is 3.52. The molecule has 1 aliphatic rings. The van der Waals surface area contributed by atoms with Gasteiger partial charge in [-0.05, 0) is 43.0 Å². The molecule has 0 bridgehead atoms. The van der Waals surface area contributed by atoms with Crippen LogP contribution in [0.1, 0.15) is 29.9 Å². The Hall–Kier alpha value is -3.00. The number of imidazole rings is 1. The highest BCUT2D eigenvalue weighted by molar-refractivity contribution is 7.08. The number of likely N-dealkylation sites (tertiary alicyclic amines) is 1. The van der Waals surface area contributed by atoms with Gasteiger partial charge in [-0.1, -0.05) is 0 Å². The van der Waals surface area contributed by atoms with Gasteiger partial charge in [0.05, 0.1) is 6.04 Å². The van der Waals surface area contributed by atoms with Gasteiger partial charge < -0.3 is 9.47 Å². The fourth-order valence-electron chi connectivity index (χ4n) is 3.94. The van der Waals surface area contributed by atoms with Crippen molar-refractivity contribution in [2.45, 2.75) is 25.9 Å². The summed E-state index contributed by atoms with van der Waals surface area (Å²) in [4.78, 5) is 24.3. The third-order valence-electron chi connectivity index (χ3n) is 5.28. The highest BCUT2D eigenvalue weighted by Gasteiger charge is 2.32. The zero-order valence-corrected chi connectivity index (χ0v) is 16.3. The number of aryl methyl sites for hydroxylation is 1. The van der Waals surface area contributed by atoms with Crippen LogP contribution >= 0.6 is 11.3 Å². The lowest BCUT2D eigenvalue weighted by molar-refractivity contribution is 0.0775. The Balaban J connectivity index is 1.50. The van der Waals surface area contributed by atoms with Crippen molar-refractivity contribution in [1.29, 1.82) is 0 Å². The Labute approximate surface area is 166 Å². The van der Waals surface area contributed by atoms with Crippen molar-refractivity contribution in [2.24, 2.45) is 0 Å². The minimum absolute atomic E-state index is 0.0383. The van der Waals surface area contributed by atoms with Gasteiger partial charge in [-0.3, -0.25) is 9.48 Å². The van der Waals surface area contributed by atoms with Gasteiger partial charge in [0.25, 0.3) is 5.91 Å². The summed E-state index contributed by atoms with van der Waals surface area (Å²) in [5, 5.41) is 8.39. The van der Waals surface area contributed by atoms with Gasteiger partial charge in [0.1, 0.15) is 17.0 Å². The first-order chi connectivity index (χ1) is 13.8. The monoisotopic (exact) mass is 392 g/mol. The van der Waals surface area contributed by atoms with Crippen molar-refractivity contribution in [3.8, 4) is 11.4 Å². The van der Waals surface area contributed by atoms with E-state index in [2.05, 4.69) is 31.5 Å². The highest BCUT2D eigenvalue weighted by Crippen LogP contribution is 2.33. The number of hydrogen-bond acceptors (Lipinski definition) is 5. The van der Waals surface area contributed by atoms with Crippen LogP contribution in [0.2, 0.25) is 0 Å². The van der Waals surface area contributed by atoms with Gasteiger partial charge in [0, 0.05) is 43.0 Å². The second-order valence-electron chi connectivity index (χ2n) is 6.89. The highest BCUT2D eigenvalue weighted by atomic mass is 32.1. The molecule has 8 heteroatoms. The number of hydrogen-bond donors (Lipinski definition) is 0. The molecule has 1 fully saturated rings. The van der Waals surface area contributed by atoms with Crippen molar-refractivity contribution < 1.29 is 4.79 Å². The van der Waals surface area contributed by atoms with Gasteiger partial charge >= 0.3 is 0 Å². The van der Waals surface area contributed by atoms with Crippen LogP contribution in [0.25, 0.3) is 22.6 Å². The van der Waals surface area contributed by atoms with E-state index >= 15 is 0 Å². The maximum atomic E-state index is 13.0. The maximum absolute atomic E-state index is 13.0. The summed E-state index contributed by atoms with van der Waals surface area (Å²) in [6.45, 7) is 4.04. The Morgan fingerprint density at radius 1 is 1.29 bits per heavy atom. The van der Waals surface area contributed by atoms with Crippen LogP contribution < -0.4 is 0 Å². The molecule has 4 aromatic rings. The lowest BCUT2D eigenvalue weighted by Gasteiger charge is -2.19. The van der Waals surface area contributed by atoms with Crippen LogP contribution in [0.3, 0.4) is 0 Å². The first-order valence-corrected chi connectivity index (χ1v) is 10.4. The predicted molar refractivity (Wildman–Crippen MR) is 108 cm³/mol. The topological polar surface area (TPSA) is 68.8 Å². The molecule has 1 saturated heterocycles. The first-order valence-electron chi connectivity index (χ1n) is 9.43. The Kier molecular flexibility index (Phi) is 4.20. The lowest BCUT2D eigenvalue weighted by atomic mass is 10.2. The summed E-state index contributed by atoms with van der Waals surface area (Å²) >= 11 is 1.66. The third-order valence-corrected chi connectivity index (χ3v) is 5.96. The molecule has 1 aliphatic heterocycles. The summed E-state index contributed by atoms with van der Waals surface area (Å²) in [6, 6.07) is 7.93. The summed E-state index contributed by atoms with van der Waals surface area (Å²) in [7, 11) is 0. The van der Waals surface area contributed by atoms with E-state index < -0.39 is 0 Å². The van der Waals surface area contributed by atoms with E-state index in [1.807, 2.05) is 24.0 Å². The molecule has 5 rings (SSSR count). The molecule has 1 amide bonds. The number of carbonyl (C=O) groups is 1. The molecule has 7 nitrogen and oxygen atoms in total. The molecule has 0 spiro atoms. The SMILES string of the molecule is CCn1nccc1C(=O)N1CCC(n2c(-c3ccsc3)nc3cccnc32)C1. The number of rotatable bonds is 4. The van der Waals surface area contributed by atoms with E-state index in [4.69, 9.17) is 4.98 Å². The normalized spacial score (nSPS) is 16.9. The average molecular weight is 392 g/mol. The number of aromatic nitrogens is 5. The summed E-state index contributed by atoms with van der Waals surface area (Å²) in [5.74, 6) is 0.962. The molecule has 142 valence electrons. The Morgan fingerprint density at radius 2 is 2.21 bits per heavy atom. The van der Waals surface area contributed by atoms with E-state index in [9.17, 15) is 4.79 Å². The number of fused-ring (bicyclic) bond motifs is 1. The zero-order valence-electron chi connectivity index (χ0n) is 15.5. The van der Waals surface area contributed by atoms with E-state index in [-0.39, 0.29) is 11.9 Å². The lowest BCUT2D eigenvalue weighted by Crippen LogP contribution is -2.31. The molecule has 0 aromatic carbocycles. The van der Waals surface area contributed by atoms with Gasteiger partial charge in [-0.25, -0.2) is 9.97 Å². The molecule has 0 saturated carbocycles. The van der Waals surface area contributed by atoms with Crippen molar-refractivity contribution in [1.82, 2.24) is 29.2 Å². The molecule has 1 atom stereocenters. The predicted octanol–water partition coefficient (Wildman–Crippen LogP) is 3.46. The van der Waals surface area contributed by atoms with Crippen LogP contribution in [-0.4, -0.2) is 48.2 Å². The molecule has 28 heavy (non-hydrogen) atoms. The summed E-state index contributed by atoms with van der Waals surface area (Å²) < 4.78 is 3.96. The van der Waals surface area contributed by atoms with Gasteiger partial charge in [-0.15, -0.1) is 0 Å². The number of nitrogens with zero attached hydrogens (tertiary/aromatic N) is 6. The van der Waals surface area contributed by atoms with Gasteiger partial charge in [-0.2, -0.15) is 16.4 Å². The number of amides is 1. The van der Waals surface area contributed by atoms with E-state index in [0.29, 0.717) is 25.3 Å². The molecule has 5 heterocycles. The van der Waals surface area contributed by atoms with Gasteiger partial charge in [0.15, 0.2) is 5.65 Å². The summed E-state index contributed by atoms with van der Waals surface area (Å²) in [5.41, 5.74) is 3.51. The van der Waals surface area contributed by atoms with E-state index in [1.165, 1.54) is 0 Å². The smallest absolute Gasteiger partial charge is 0.272 e. The Bertz CT molecular complexity index is 1130. The van der Waals surface area contributed by atoms with Crippen molar-refractivity contribution >= 4 is 28.4 Å². The standard InChI is InChI=1S/C20H20N6OS/c1-2-25-17(5-9-22-25)20(27)24-10-6-15(12-24)26-18(14-7-11-28-13-14)23-16-4-3-8-21-19(16)26/h3-5,7-9,11,13,15H,2,6,10,12H2,1H3. The van der Waals surface area contributed by atoms with E-state index in [1.54, 1.807) is 34.5 Å². The maximum Gasteiger partial charge on any atom is 0.272 e. The quantitative estimate of drug-likeness (QED) is 0.533. The molecular weight excluding hydrogens is 372 g/mol. The van der Waals surface area contributed by atoms with Crippen molar-refractivity contribution in [3.05, 3.63) is 53.1 Å². The third kappa shape index (κ3) is 2.72. The molecule has 0 N–H and O–H groups in total. The zero-order chi connectivity index (χ0) is 19.1. The molecular formula is C20H20N6OS. The minimum atomic E-state index is 0.0383. The number of pyridine rings is 1. The van der Waals surface area contributed by atoms with Crippen LogP contribution in [-0.2, 0) is 6.54 Å². The van der Waals surface area contributed by atoms with Crippen LogP contribution in [0.15, 0.2) is 47.4 Å². The first kappa shape index (κ1) is 17.1. The van der Waals surface area contributed by atoms with E-state index in [0.717, 1.165) is 29.0 Å².